The van der Waals surface area contributed by atoms with E-state index >= 15 is 0 Å². The van der Waals surface area contributed by atoms with Crippen LogP contribution in [0.3, 0.4) is 0 Å². The van der Waals surface area contributed by atoms with Crippen LogP contribution in [-0.2, 0) is 11.2 Å². The Morgan fingerprint density at radius 3 is 3.07 bits per heavy atom. The van der Waals surface area contributed by atoms with Crippen LogP contribution in [0.25, 0.3) is 5.65 Å². The van der Waals surface area contributed by atoms with Gasteiger partial charge < -0.3 is 14.2 Å². The van der Waals surface area contributed by atoms with E-state index in [0.29, 0.717) is 24.5 Å². The fourth-order valence-corrected chi connectivity index (χ4v) is 3.70. The summed E-state index contributed by atoms with van der Waals surface area (Å²) < 4.78 is 12.1. The van der Waals surface area contributed by atoms with Gasteiger partial charge in [0.2, 0.25) is 5.91 Å². The molecule has 1 aliphatic heterocycles. The molecule has 4 heterocycles. The molecule has 0 N–H and O–H groups in total. The largest absolute Gasteiger partial charge is 0.479 e. The van der Waals surface area contributed by atoms with Gasteiger partial charge in [0.1, 0.15) is 5.76 Å². The van der Waals surface area contributed by atoms with Crippen LogP contribution in [0.5, 0.6) is 5.88 Å². The number of carbonyl (C=O) groups excluding carboxylic acids is 1. The van der Waals surface area contributed by atoms with Gasteiger partial charge >= 0.3 is 0 Å². The summed E-state index contributed by atoms with van der Waals surface area (Å²) in [6.45, 7) is 2.71. The Balaban J connectivity index is 1.53. The number of hydrogen-bond acceptors (Lipinski definition) is 6. The molecule has 0 aliphatic carbocycles. The fourth-order valence-electron chi connectivity index (χ4n) is 3.70. The summed E-state index contributed by atoms with van der Waals surface area (Å²) >= 11 is 0. The molecule has 3 aromatic rings. The Bertz CT molecular complexity index is 948. The Morgan fingerprint density at radius 1 is 1.37 bits per heavy atom. The number of methoxy groups -OCH3 is 1. The van der Waals surface area contributed by atoms with Crippen molar-refractivity contribution in [2.75, 3.05) is 13.7 Å². The molecule has 0 radical (unpaired) electrons. The first kappa shape index (κ1) is 17.5. The predicted octanol–water partition coefficient (Wildman–Crippen LogP) is 2.72. The molecular formula is C19H23N5O3. The van der Waals surface area contributed by atoms with Gasteiger partial charge in [-0.25, -0.2) is 9.50 Å². The van der Waals surface area contributed by atoms with Crippen molar-refractivity contribution in [1.29, 1.82) is 0 Å². The van der Waals surface area contributed by atoms with E-state index in [1.165, 1.54) is 7.11 Å². The first-order valence-corrected chi connectivity index (χ1v) is 9.26. The molecule has 0 saturated carbocycles. The highest BCUT2D eigenvalue weighted by Gasteiger charge is 2.30. The lowest BCUT2D eigenvalue weighted by Gasteiger charge is -2.36. The van der Waals surface area contributed by atoms with Crippen LogP contribution in [0.15, 0.2) is 28.9 Å². The zero-order chi connectivity index (χ0) is 18.8. The maximum absolute atomic E-state index is 13.0. The second kappa shape index (κ2) is 7.38. The number of likely N-dealkylation sites (tertiary alicyclic amines) is 1. The number of rotatable bonds is 5. The topological polar surface area (TPSA) is 85.8 Å². The molecule has 1 saturated heterocycles. The smallest absolute Gasteiger partial charge is 0.254 e. The third-order valence-electron chi connectivity index (χ3n) is 5.01. The van der Waals surface area contributed by atoms with E-state index in [0.717, 1.165) is 42.8 Å². The molecule has 0 bridgehead atoms. The lowest BCUT2D eigenvalue weighted by Crippen LogP contribution is -2.39. The van der Waals surface area contributed by atoms with E-state index in [-0.39, 0.29) is 11.9 Å². The molecular weight excluding hydrogens is 346 g/mol. The molecule has 1 aliphatic rings. The first-order chi connectivity index (χ1) is 13.2. The minimum Gasteiger partial charge on any atom is -0.479 e. The molecule has 4 rings (SSSR count). The highest BCUT2D eigenvalue weighted by molar-refractivity contribution is 5.77. The van der Waals surface area contributed by atoms with Gasteiger partial charge in [0.05, 0.1) is 24.5 Å². The van der Waals surface area contributed by atoms with E-state index in [1.54, 1.807) is 12.3 Å². The van der Waals surface area contributed by atoms with Crippen molar-refractivity contribution < 1.29 is 14.1 Å². The van der Waals surface area contributed by atoms with Crippen molar-refractivity contribution in [2.45, 2.75) is 45.1 Å². The molecule has 3 aromatic heterocycles. The maximum atomic E-state index is 13.0. The van der Waals surface area contributed by atoms with Crippen molar-refractivity contribution >= 4 is 11.6 Å². The van der Waals surface area contributed by atoms with Gasteiger partial charge in [-0.05, 0) is 37.4 Å². The minimum absolute atomic E-state index is 0.0142. The van der Waals surface area contributed by atoms with E-state index in [1.807, 2.05) is 28.5 Å². The molecule has 1 atom stereocenters. The summed E-state index contributed by atoms with van der Waals surface area (Å²) in [5.41, 5.74) is 2.75. The van der Waals surface area contributed by atoms with Crippen molar-refractivity contribution in [1.82, 2.24) is 24.7 Å². The monoisotopic (exact) mass is 369 g/mol. The highest BCUT2D eigenvalue weighted by Crippen LogP contribution is 2.31. The van der Waals surface area contributed by atoms with Crippen LogP contribution in [-0.4, -0.2) is 44.2 Å². The minimum atomic E-state index is 0.0142. The number of fused-ring (bicyclic) bond motifs is 1. The lowest BCUT2D eigenvalue weighted by atomic mass is 9.98. The van der Waals surface area contributed by atoms with Gasteiger partial charge in [-0.2, -0.15) is 5.10 Å². The van der Waals surface area contributed by atoms with Crippen LogP contribution in [0.2, 0.25) is 0 Å². The first-order valence-electron chi connectivity index (χ1n) is 9.26. The summed E-state index contributed by atoms with van der Waals surface area (Å²) in [4.78, 5) is 19.3. The number of carbonyl (C=O) groups is 1. The number of ether oxygens (including phenoxy) is 1. The standard InChI is InChI=1S/C19H23N5O3/c1-13-11-17-20-9-8-16(24(17)21-13)15-5-3-4-10-23(15)19(25)7-6-14-12-18(26-2)22-27-14/h8-9,11-12,15H,3-7,10H2,1-2H3. The lowest BCUT2D eigenvalue weighted by molar-refractivity contribution is -0.135. The molecule has 142 valence electrons. The predicted molar refractivity (Wildman–Crippen MR) is 97.4 cm³/mol. The average Bonchev–Trinajstić information content (AvgIpc) is 3.31. The number of nitrogens with zero attached hydrogens (tertiary/aromatic N) is 5. The normalized spacial score (nSPS) is 17.4. The Labute approximate surface area is 157 Å². The summed E-state index contributed by atoms with van der Waals surface area (Å²) in [6.07, 6.45) is 5.72. The SMILES string of the molecule is COc1cc(CCC(=O)N2CCCCC2c2ccnc3cc(C)nn23)on1. The summed E-state index contributed by atoms with van der Waals surface area (Å²) in [7, 11) is 1.54. The third-order valence-corrected chi connectivity index (χ3v) is 5.01. The quantitative estimate of drug-likeness (QED) is 0.687. The number of amides is 1. The third kappa shape index (κ3) is 3.51. The van der Waals surface area contributed by atoms with Crippen molar-refractivity contribution in [2.24, 2.45) is 0 Å². The molecule has 8 nitrogen and oxygen atoms in total. The van der Waals surface area contributed by atoms with Gasteiger partial charge in [-0.1, -0.05) is 0 Å². The van der Waals surface area contributed by atoms with E-state index < -0.39 is 0 Å². The van der Waals surface area contributed by atoms with E-state index in [2.05, 4.69) is 15.2 Å². The van der Waals surface area contributed by atoms with Crippen LogP contribution in [0.4, 0.5) is 0 Å². The van der Waals surface area contributed by atoms with E-state index in [9.17, 15) is 4.79 Å². The van der Waals surface area contributed by atoms with Crippen LogP contribution in [0.1, 0.15) is 48.9 Å². The molecule has 1 amide bonds. The zero-order valence-corrected chi connectivity index (χ0v) is 15.6. The molecule has 1 fully saturated rings. The highest BCUT2D eigenvalue weighted by atomic mass is 16.5. The molecule has 27 heavy (non-hydrogen) atoms. The van der Waals surface area contributed by atoms with Gasteiger partial charge in [0.15, 0.2) is 5.65 Å². The van der Waals surface area contributed by atoms with Crippen molar-refractivity contribution in [3.63, 3.8) is 0 Å². The van der Waals surface area contributed by atoms with Crippen molar-refractivity contribution in [3.8, 4) is 5.88 Å². The zero-order valence-electron chi connectivity index (χ0n) is 15.6. The van der Waals surface area contributed by atoms with Crippen molar-refractivity contribution in [3.05, 3.63) is 41.5 Å². The molecule has 0 spiro atoms. The number of hydrogen-bond donors (Lipinski definition) is 0. The van der Waals surface area contributed by atoms with Gasteiger partial charge in [0.25, 0.3) is 5.88 Å². The number of piperidine rings is 1. The van der Waals surface area contributed by atoms with E-state index in [4.69, 9.17) is 9.26 Å². The summed E-state index contributed by atoms with van der Waals surface area (Å²) in [5.74, 6) is 1.20. The van der Waals surface area contributed by atoms with Gasteiger partial charge in [-0.3, -0.25) is 4.79 Å². The van der Waals surface area contributed by atoms with Gasteiger partial charge in [0, 0.05) is 37.7 Å². The van der Waals surface area contributed by atoms with Crippen LogP contribution < -0.4 is 4.74 Å². The second-order valence-corrected chi connectivity index (χ2v) is 6.86. The Morgan fingerprint density at radius 2 is 2.26 bits per heavy atom. The van der Waals surface area contributed by atoms with Crippen LogP contribution >= 0.6 is 0 Å². The molecule has 1 unspecified atom stereocenters. The number of aromatic nitrogens is 4. The second-order valence-electron chi connectivity index (χ2n) is 6.86. The average molecular weight is 369 g/mol. The fraction of sp³-hybridized carbons (Fsp3) is 0.474. The molecule has 0 aromatic carbocycles. The molecule has 8 heteroatoms. The number of aryl methyl sites for hydroxylation is 2. The summed E-state index contributed by atoms with van der Waals surface area (Å²) in [6, 6.07) is 5.66. The Kier molecular flexibility index (Phi) is 4.79. The van der Waals surface area contributed by atoms with Gasteiger partial charge in [-0.15, -0.1) is 0 Å². The maximum Gasteiger partial charge on any atom is 0.254 e. The summed E-state index contributed by atoms with van der Waals surface area (Å²) in [5, 5.41) is 8.35. The van der Waals surface area contributed by atoms with Crippen LogP contribution in [0, 0.1) is 6.92 Å². The Hall–Kier alpha value is -2.90.